The van der Waals surface area contributed by atoms with Crippen LogP contribution in [0.5, 0.6) is 5.75 Å². The van der Waals surface area contributed by atoms with Crippen LogP contribution in [0, 0.1) is 13.8 Å². The van der Waals surface area contributed by atoms with Gasteiger partial charge in [0.2, 0.25) is 10.0 Å². The van der Waals surface area contributed by atoms with Crippen LogP contribution in [0.3, 0.4) is 0 Å². The van der Waals surface area contributed by atoms with E-state index in [1.54, 1.807) is 24.8 Å². The van der Waals surface area contributed by atoms with Crippen LogP contribution in [-0.4, -0.2) is 65.6 Å². The number of phenolic OH excluding ortho intramolecular Hbond substituents is 1. The number of amides is 1. The zero-order valence-electron chi connectivity index (χ0n) is 17.1. The Bertz CT molecular complexity index is 1130. The minimum atomic E-state index is -3.85. The molecule has 0 bridgehead atoms. The van der Waals surface area contributed by atoms with Crippen molar-refractivity contribution >= 4 is 21.7 Å². The second-order valence-electron chi connectivity index (χ2n) is 7.92. The Labute approximate surface area is 175 Å². The molecule has 1 aliphatic heterocycles. The number of aromatic amines is 1. The Hall–Kier alpha value is -2.65. The first kappa shape index (κ1) is 20.6. The van der Waals surface area contributed by atoms with E-state index in [2.05, 4.69) is 4.98 Å². The molecule has 4 rings (SSSR count). The number of nitrogens with one attached hydrogen (secondary N) is 1. The number of nitrogens with zero attached hydrogens (tertiary/aromatic N) is 2. The number of hydrogen-bond donors (Lipinski definition) is 2. The molecule has 8 nitrogen and oxygen atoms in total. The van der Waals surface area contributed by atoms with Gasteiger partial charge < -0.3 is 15.0 Å². The first-order valence-electron chi connectivity index (χ1n) is 10.0. The van der Waals surface area contributed by atoms with E-state index in [1.165, 1.54) is 16.4 Å². The van der Waals surface area contributed by atoms with Crippen molar-refractivity contribution in [2.75, 3.05) is 26.2 Å². The third kappa shape index (κ3) is 3.41. The predicted octanol–water partition coefficient (Wildman–Crippen LogP) is 2.00. The van der Waals surface area contributed by atoms with Crippen molar-refractivity contribution in [3.05, 3.63) is 46.3 Å². The number of carbonyl (C=O) groups is 2. The highest BCUT2D eigenvalue weighted by Gasteiger charge is 2.34. The quantitative estimate of drug-likeness (QED) is 0.772. The van der Waals surface area contributed by atoms with Gasteiger partial charge in [-0.1, -0.05) is 6.07 Å². The van der Waals surface area contributed by atoms with Crippen LogP contribution in [0.15, 0.2) is 23.1 Å². The monoisotopic (exact) mass is 431 g/mol. The molecule has 2 heterocycles. The van der Waals surface area contributed by atoms with Crippen LogP contribution in [0.4, 0.5) is 0 Å². The van der Waals surface area contributed by atoms with E-state index < -0.39 is 10.0 Å². The zero-order chi connectivity index (χ0) is 21.6. The molecule has 0 spiro atoms. The maximum atomic E-state index is 13.0. The highest BCUT2D eigenvalue weighted by molar-refractivity contribution is 7.89. The fourth-order valence-electron chi connectivity index (χ4n) is 4.24. The molecule has 2 aliphatic rings. The number of aromatic nitrogens is 1. The second-order valence-corrected chi connectivity index (χ2v) is 9.83. The number of aromatic hydroxyl groups is 1. The van der Waals surface area contributed by atoms with Gasteiger partial charge in [-0.3, -0.25) is 9.59 Å². The Morgan fingerprint density at radius 3 is 2.47 bits per heavy atom. The smallest absolute Gasteiger partial charge is 0.270 e. The maximum absolute atomic E-state index is 13.0. The summed E-state index contributed by atoms with van der Waals surface area (Å²) in [6.07, 6.45) is 2.03. The van der Waals surface area contributed by atoms with Gasteiger partial charge >= 0.3 is 0 Å². The summed E-state index contributed by atoms with van der Waals surface area (Å²) < 4.78 is 27.2. The minimum absolute atomic E-state index is 0.0675. The molecule has 0 radical (unpaired) electrons. The van der Waals surface area contributed by atoms with Crippen LogP contribution in [0.1, 0.15) is 50.5 Å². The van der Waals surface area contributed by atoms with Crippen molar-refractivity contribution in [1.82, 2.24) is 14.2 Å². The van der Waals surface area contributed by atoms with Crippen molar-refractivity contribution in [3.8, 4) is 5.75 Å². The van der Waals surface area contributed by atoms with Gasteiger partial charge in [-0.15, -0.1) is 0 Å². The number of sulfonamides is 1. The number of piperazine rings is 1. The van der Waals surface area contributed by atoms with E-state index >= 15 is 0 Å². The van der Waals surface area contributed by atoms with E-state index in [0.717, 1.165) is 24.1 Å². The van der Waals surface area contributed by atoms with Crippen LogP contribution < -0.4 is 0 Å². The van der Waals surface area contributed by atoms with Crippen LogP contribution >= 0.6 is 0 Å². The summed E-state index contributed by atoms with van der Waals surface area (Å²) in [7, 11) is -3.85. The highest BCUT2D eigenvalue weighted by atomic mass is 32.2. The third-order valence-electron chi connectivity index (χ3n) is 5.91. The summed E-state index contributed by atoms with van der Waals surface area (Å²) in [6, 6.07) is 4.47. The number of Topliss-reactive ketones (excluding diaryl/α,β-unsaturated/α-hetero) is 1. The van der Waals surface area contributed by atoms with Gasteiger partial charge in [-0.2, -0.15) is 4.31 Å². The zero-order valence-corrected chi connectivity index (χ0v) is 17.9. The van der Waals surface area contributed by atoms with Gasteiger partial charge in [0.05, 0.1) is 0 Å². The lowest BCUT2D eigenvalue weighted by Gasteiger charge is -2.34. The SMILES string of the molecule is Cc1ccc(O)c(S(=O)(=O)N2CCN(C(=O)c3[nH]c4c(c3C)C(=O)CCC4)CC2)c1. The van der Waals surface area contributed by atoms with Crippen LogP contribution in [-0.2, 0) is 16.4 Å². The normalized spacial score (nSPS) is 17.8. The van der Waals surface area contributed by atoms with Gasteiger partial charge in [-0.25, -0.2) is 8.42 Å². The number of benzene rings is 1. The molecule has 1 amide bonds. The van der Waals surface area contributed by atoms with E-state index in [0.29, 0.717) is 23.2 Å². The Morgan fingerprint density at radius 2 is 1.80 bits per heavy atom. The summed E-state index contributed by atoms with van der Waals surface area (Å²) in [5, 5.41) is 10.0. The highest BCUT2D eigenvalue weighted by Crippen LogP contribution is 2.29. The van der Waals surface area contributed by atoms with Gasteiger partial charge in [0.15, 0.2) is 5.78 Å². The predicted molar refractivity (Wildman–Crippen MR) is 110 cm³/mol. The molecule has 9 heteroatoms. The van der Waals surface area contributed by atoms with Crippen molar-refractivity contribution in [3.63, 3.8) is 0 Å². The van der Waals surface area contributed by atoms with Gasteiger partial charge in [0, 0.05) is 43.9 Å². The number of phenols is 1. The van der Waals surface area contributed by atoms with Crippen molar-refractivity contribution in [2.45, 2.75) is 38.0 Å². The molecule has 0 unspecified atom stereocenters. The van der Waals surface area contributed by atoms with Crippen LogP contribution in [0.2, 0.25) is 0 Å². The summed E-state index contributed by atoms with van der Waals surface area (Å²) in [4.78, 5) is 29.9. The lowest BCUT2D eigenvalue weighted by atomic mass is 9.94. The summed E-state index contributed by atoms with van der Waals surface area (Å²) >= 11 is 0. The van der Waals surface area contributed by atoms with E-state index in [-0.39, 0.29) is 48.5 Å². The molecule has 30 heavy (non-hydrogen) atoms. The number of carbonyl (C=O) groups excluding carboxylic acids is 2. The average molecular weight is 432 g/mol. The largest absolute Gasteiger partial charge is 0.507 e. The Balaban J connectivity index is 1.51. The summed E-state index contributed by atoms with van der Waals surface area (Å²) in [6.45, 7) is 4.30. The molecule has 160 valence electrons. The fourth-order valence-corrected chi connectivity index (χ4v) is 5.83. The first-order chi connectivity index (χ1) is 14.2. The Morgan fingerprint density at radius 1 is 1.10 bits per heavy atom. The third-order valence-corrected chi connectivity index (χ3v) is 7.84. The standard InChI is InChI=1S/C21H25N3O5S/c1-13-6-7-16(25)18(12-13)30(28,29)24-10-8-23(9-11-24)21(27)20-14(2)19-15(22-20)4-3-5-17(19)26/h6-7,12,22,25H,3-5,8-11H2,1-2H3. The number of H-pyrrole nitrogens is 1. The van der Waals surface area contributed by atoms with Crippen molar-refractivity contribution in [1.29, 1.82) is 0 Å². The lowest BCUT2D eigenvalue weighted by molar-refractivity contribution is 0.0691. The molecule has 0 atom stereocenters. The average Bonchev–Trinajstić information content (AvgIpc) is 3.07. The molecule has 1 saturated heterocycles. The molecular formula is C21H25N3O5S. The van der Waals surface area contributed by atoms with E-state index in [9.17, 15) is 23.1 Å². The number of ketones is 1. The molecule has 2 N–H and O–H groups in total. The second kappa shape index (κ2) is 7.55. The molecular weight excluding hydrogens is 406 g/mol. The molecule has 0 saturated carbocycles. The fraction of sp³-hybridized carbons (Fsp3) is 0.429. The Kier molecular flexibility index (Phi) is 5.19. The van der Waals surface area contributed by atoms with Crippen molar-refractivity contribution in [2.24, 2.45) is 0 Å². The van der Waals surface area contributed by atoms with Gasteiger partial charge in [-0.05, 0) is 49.9 Å². The van der Waals surface area contributed by atoms with Gasteiger partial charge in [0.1, 0.15) is 16.3 Å². The molecule has 1 aromatic carbocycles. The van der Waals surface area contributed by atoms with Crippen molar-refractivity contribution < 1.29 is 23.1 Å². The molecule has 2 aromatic rings. The lowest BCUT2D eigenvalue weighted by Crippen LogP contribution is -2.50. The van der Waals surface area contributed by atoms with E-state index in [1.807, 2.05) is 0 Å². The van der Waals surface area contributed by atoms with Gasteiger partial charge in [0.25, 0.3) is 5.91 Å². The topological polar surface area (TPSA) is 111 Å². The molecule has 1 fully saturated rings. The van der Waals surface area contributed by atoms with Crippen LogP contribution in [0.25, 0.3) is 0 Å². The summed E-state index contributed by atoms with van der Waals surface area (Å²) in [5.74, 6) is -0.431. The number of aryl methyl sites for hydroxylation is 2. The maximum Gasteiger partial charge on any atom is 0.270 e. The number of fused-ring (bicyclic) bond motifs is 1. The number of hydrogen-bond acceptors (Lipinski definition) is 5. The van der Waals surface area contributed by atoms with E-state index in [4.69, 9.17) is 0 Å². The first-order valence-corrected chi connectivity index (χ1v) is 11.5. The number of rotatable bonds is 3. The molecule has 1 aliphatic carbocycles. The molecule has 1 aromatic heterocycles. The summed E-state index contributed by atoms with van der Waals surface area (Å²) in [5.41, 5.74) is 3.30. The minimum Gasteiger partial charge on any atom is -0.507 e.